The summed E-state index contributed by atoms with van der Waals surface area (Å²) in [5.74, 6) is -1.16. The summed E-state index contributed by atoms with van der Waals surface area (Å²) in [4.78, 5) is 25.7. The topological polar surface area (TPSA) is 144 Å². The first-order valence-electron chi connectivity index (χ1n) is 15.9. The second-order valence-electron chi connectivity index (χ2n) is 11.1. The molecule has 0 aromatic heterocycles. The molecule has 11 nitrogen and oxygen atoms in total. The zero-order chi connectivity index (χ0) is 31.2. The standard InChI is InChI=1S/C30H56O11S/c1-5-7-9-11-13-15-17-19-21-25(31)39-28-27(41-42(33,34)35)24(23-36-3)38-30(37-4)29(28)40-26(32)22-20-18-16-14-12-10-8-6-2/h24,27-30H,5-23H2,1-4H3,(H,33,34,35)/t24-,27-,28+,29-,30?/m1/s1. The van der Waals surface area contributed by atoms with Gasteiger partial charge < -0.3 is 23.7 Å². The molecule has 1 aliphatic rings. The van der Waals surface area contributed by atoms with E-state index in [1.165, 1.54) is 65.6 Å². The lowest BCUT2D eigenvalue weighted by Gasteiger charge is -2.43. The van der Waals surface area contributed by atoms with E-state index in [1.54, 1.807) is 0 Å². The fourth-order valence-electron chi connectivity index (χ4n) is 5.11. The summed E-state index contributed by atoms with van der Waals surface area (Å²) in [7, 11) is -2.29. The number of ether oxygens (including phenoxy) is 5. The summed E-state index contributed by atoms with van der Waals surface area (Å²) in [6.45, 7) is 4.18. The van der Waals surface area contributed by atoms with Gasteiger partial charge in [-0.25, -0.2) is 4.18 Å². The minimum Gasteiger partial charge on any atom is -0.455 e. The molecule has 0 aromatic rings. The van der Waals surface area contributed by atoms with Gasteiger partial charge in [0.1, 0.15) is 12.2 Å². The Labute approximate surface area is 253 Å². The van der Waals surface area contributed by atoms with Crippen LogP contribution in [0, 0.1) is 0 Å². The van der Waals surface area contributed by atoms with Gasteiger partial charge in [0.2, 0.25) is 0 Å². The van der Waals surface area contributed by atoms with Crippen LogP contribution in [0.1, 0.15) is 129 Å². The number of esters is 2. The summed E-state index contributed by atoms with van der Waals surface area (Å²) in [6.07, 6.45) is 10.4. The first kappa shape index (κ1) is 38.7. The van der Waals surface area contributed by atoms with Gasteiger partial charge in [-0.2, -0.15) is 8.42 Å². The molecule has 12 heteroatoms. The normalized spacial score (nSPS) is 22.6. The molecule has 5 atom stereocenters. The quantitative estimate of drug-likeness (QED) is 0.0717. The predicted molar refractivity (Wildman–Crippen MR) is 158 cm³/mol. The SMILES string of the molecule is CCCCCCCCCCC(=O)O[C@H]1[C@H](OS(=O)(=O)O)[C@@H](COC)OC(OC)[C@@H]1OC(=O)CCCCCCCCCC. The molecular weight excluding hydrogens is 568 g/mol. The van der Waals surface area contributed by atoms with Crippen molar-refractivity contribution in [3.8, 4) is 0 Å². The Morgan fingerprint density at radius 3 is 1.50 bits per heavy atom. The molecule has 248 valence electrons. The minimum atomic E-state index is -4.99. The Balaban J connectivity index is 2.86. The fraction of sp³-hybridized carbons (Fsp3) is 0.933. The maximum atomic E-state index is 12.9. The van der Waals surface area contributed by atoms with Crippen molar-refractivity contribution in [1.29, 1.82) is 0 Å². The van der Waals surface area contributed by atoms with Crippen molar-refractivity contribution in [2.45, 2.75) is 160 Å². The highest BCUT2D eigenvalue weighted by Gasteiger charge is 2.52. The van der Waals surface area contributed by atoms with Gasteiger partial charge in [-0.15, -0.1) is 0 Å². The van der Waals surface area contributed by atoms with E-state index < -0.39 is 53.0 Å². The predicted octanol–water partition coefficient (Wildman–Crippen LogP) is 6.08. The second-order valence-corrected chi connectivity index (χ2v) is 12.1. The first-order valence-corrected chi connectivity index (χ1v) is 17.2. The Bertz CT molecular complexity index is 820. The van der Waals surface area contributed by atoms with Crippen molar-refractivity contribution in [1.82, 2.24) is 0 Å². The van der Waals surface area contributed by atoms with Crippen molar-refractivity contribution in [3.63, 3.8) is 0 Å². The number of carbonyl (C=O) groups excluding carboxylic acids is 2. The highest BCUT2D eigenvalue weighted by molar-refractivity contribution is 7.80. The van der Waals surface area contributed by atoms with Gasteiger partial charge in [0.15, 0.2) is 18.5 Å². The smallest absolute Gasteiger partial charge is 0.397 e. The van der Waals surface area contributed by atoms with E-state index in [9.17, 15) is 22.6 Å². The molecule has 1 saturated heterocycles. The third kappa shape index (κ3) is 17.1. The van der Waals surface area contributed by atoms with Crippen molar-refractivity contribution < 1.29 is 50.4 Å². The van der Waals surface area contributed by atoms with E-state index in [-0.39, 0.29) is 19.4 Å². The molecule has 1 heterocycles. The van der Waals surface area contributed by atoms with Gasteiger partial charge in [-0.1, -0.05) is 104 Å². The Morgan fingerprint density at radius 1 is 0.667 bits per heavy atom. The highest BCUT2D eigenvalue weighted by Crippen LogP contribution is 2.31. The fourth-order valence-corrected chi connectivity index (χ4v) is 5.62. The van der Waals surface area contributed by atoms with Crippen LogP contribution in [0.5, 0.6) is 0 Å². The molecule has 1 aliphatic heterocycles. The van der Waals surface area contributed by atoms with Gasteiger partial charge in [0.25, 0.3) is 0 Å². The van der Waals surface area contributed by atoms with Crippen LogP contribution in [-0.2, 0) is 47.9 Å². The van der Waals surface area contributed by atoms with Crippen molar-refractivity contribution in [3.05, 3.63) is 0 Å². The zero-order valence-corrected chi connectivity index (χ0v) is 27.1. The number of methoxy groups -OCH3 is 2. The maximum absolute atomic E-state index is 12.9. The summed E-state index contributed by atoms with van der Waals surface area (Å²) in [5.41, 5.74) is 0. The molecule has 0 amide bonds. The lowest BCUT2D eigenvalue weighted by atomic mass is 9.98. The lowest BCUT2D eigenvalue weighted by Crippen LogP contribution is -2.62. The molecule has 42 heavy (non-hydrogen) atoms. The average molecular weight is 625 g/mol. The van der Waals surface area contributed by atoms with Gasteiger partial charge in [0.05, 0.1) is 6.61 Å². The van der Waals surface area contributed by atoms with Gasteiger partial charge in [-0.3, -0.25) is 14.1 Å². The lowest BCUT2D eigenvalue weighted by molar-refractivity contribution is -0.297. The van der Waals surface area contributed by atoms with Crippen molar-refractivity contribution >= 4 is 22.3 Å². The summed E-state index contributed by atoms with van der Waals surface area (Å²) < 4.78 is 65.6. The largest absolute Gasteiger partial charge is 0.455 e. The van der Waals surface area contributed by atoms with Crippen LogP contribution in [-0.4, -0.2) is 76.4 Å². The number of unbranched alkanes of at least 4 members (excludes halogenated alkanes) is 14. The number of carbonyl (C=O) groups is 2. The van der Waals surface area contributed by atoms with Crippen LogP contribution in [0.4, 0.5) is 0 Å². The van der Waals surface area contributed by atoms with Crippen LogP contribution in [0.25, 0.3) is 0 Å². The number of rotatable bonds is 25. The van der Waals surface area contributed by atoms with E-state index in [0.717, 1.165) is 38.5 Å². The molecule has 0 aliphatic carbocycles. The summed E-state index contributed by atoms with van der Waals surface area (Å²) in [5, 5.41) is 0. The monoisotopic (exact) mass is 624 g/mol. The second kappa shape index (κ2) is 23.1. The van der Waals surface area contributed by atoms with E-state index >= 15 is 0 Å². The maximum Gasteiger partial charge on any atom is 0.397 e. The molecular formula is C30H56O11S. The Morgan fingerprint density at radius 2 is 1.10 bits per heavy atom. The van der Waals surface area contributed by atoms with Crippen molar-refractivity contribution in [2.24, 2.45) is 0 Å². The van der Waals surface area contributed by atoms with Gasteiger partial charge in [-0.05, 0) is 12.8 Å². The molecule has 0 spiro atoms. The van der Waals surface area contributed by atoms with E-state index in [4.69, 9.17) is 27.9 Å². The minimum absolute atomic E-state index is 0.0937. The molecule has 0 aromatic carbocycles. The van der Waals surface area contributed by atoms with Crippen LogP contribution in [0.3, 0.4) is 0 Å². The van der Waals surface area contributed by atoms with Gasteiger partial charge >= 0.3 is 22.3 Å². The Hall–Kier alpha value is -1.31. The van der Waals surface area contributed by atoms with Gasteiger partial charge in [0, 0.05) is 27.1 Å². The average Bonchev–Trinajstić information content (AvgIpc) is 2.94. The van der Waals surface area contributed by atoms with E-state index in [0.29, 0.717) is 12.8 Å². The van der Waals surface area contributed by atoms with Crippen molar-refractivity contribution in [2.75, 3.05) is 20.8 Å². The zero-order valence-electron chi connectivity index (χ0n) is 26.3. The number of hydrogen-bond acceptors (Lipinski definition) is 10. The third-order valence-corrected chi connectivity index (χ3v) is 7.86. The molecule has 0 bridgehead atoms. The van der Waals surface area contributed by atoms with Crippen LogP contribution in [0.2, 0.25) is 0 Å². The Kier molecular flexibility index (Phi) is 21.3. The summed E-state index contributed by atoms with van der Waals surface area (Å²) >= 11 is 0. The molecule has 1 rings (SSSR count). The molecule has 1 N–H and O–H groups in total. The number of hydrogen-bond donors (Lipinski definition) is 1. The van der Waals surface area contributed by atoms with E-state index in [2.05, 4.69) is 13.8 Å². The highest BCUT2D eigenvalue weighted by atomic mass is 32.3. The third-order valence-electron chi connectivity index (χ3n) is 7.39. The van der Waals surface area contributed by atoms with Crippen LogP contribution >= 0.6 is 0 Å². The molecule has 1 unspecified atom stereocenters. The molecule has 0 radical (unpaired) electrons. The van der Waals surface area contributed by atoms with E-state index in [1.807, 2.05) is 0 Å². The molecule has 1 fully saturated rings. The first-order chi connectivity index (χ1) is 20.2. The summed E-state index contributed by atoms with van der Waals surface area (Å²) in [6, 6.07) is 0. The van der Waals surface area contributed by atoms with Crippen LogP contribution in [0.15, 0.2) is 0 Å². The van der Waals surface area contributed by atoms with Crippen LogP contribution < -0.4 is 0 Å². The molecule has 0 saturated carbocycles.